The summed E-state index contributed by atoms with van der Waals surface area (Å²) in [5, 5.41) is 8.34. The zero-order valence-corrected chi connectivity index (χ0v) is 44.0. The van der Waals surface area contributed by atoms with Gasteiger partial charge in [0, 0.05) is 47.2 Å². The number of carbonyl (C=O) groups excluding carboxylic acids is 9. The monoisotopic (exact) mass is 975 g/mol. The van der Waals surface area contributed by atoms with Crippen molar-refractivity contribution in [3.63, 3.8) is 0 Å². The van der Waals surface area contributed by atoms with Crippen molar-refractivity contribution in [3.8, 4) is 0 Å². The van der Waals surface area contributed by atoms with Crippen molar-refractivity contribution in [3.05, 3.63) is 71.8 Å². The largest absolute Gasteiger partial charge is 0.458 e. The van der Waals surface area contributed by atoms with Crippen LogP contribution in [0.15, 0.2) is 60.7 Å². The second-order valence-corrected chi connectivity index (χ2v) is 19.7. The molecule has 1 saturated heterocycles. The average molecular weight is 975 g/mol. The Morgan fingerprint density at radius 3 is 1.69 bits per heavy atom. The summed E-state index contributed by atoms with van der Waals surface area (Å²) in [5.41, 5.74) is 1.03. The van der Waals surface area contributed by atoms with Gasteiger partial charge < -0.3 is 45.2 Å². The molecule has 10 unspecified atom stereocenters. The van der Waals surface area contributed by atoms with Gasteiger partial charge in [-0.05, 0) is 62.1 Å². The zero-order valence-electron chi connectivity index (χ0n) is 44.0. The molecule has 3 N–H and O–H groups in total. The van der Waals surface area contributed by atoms with E-state index in [1.807, 2.05) is 6.92 Å². The van der Waals surface area contributed by atoms with E-state index in [1.54, 1.807) is 109 Å². The molecule has 0 aromatic heterocycles. The highest BCUT2D eigenvalue weighted by atomic mass is 16.5. The van der Waals surface area contributed by atoms with E-state index in [0.717, 1.165) is 4.90 Å². The van der Waals surface area contributed by atoms with Crippen LogP contribution in [0, 0.1) is 23.7 Å². The fourth-order valence-corrected chi connectivity index (χ4v) is 8.52. The van der Waals surface area contributed by atoms with Gasteiger partial charge in [-0.3, -0.25) is 38.4 Å². The van der Waals surface area contributed by atoms with Crippen LogP contribution >= 0.6 is 0 Å². The fraction of sp³-hybridized carbons (Fsp3) is 0.596. The maximum absolute atomic E-state index is 15.2. The summed E-state index contributed by atoms with van der Waals surface area (Å²) in [5.74, 6) is -8.07. The van der Waals surface area contributed by atoms with Crippen LogP contribution in [-0.4, -0.2) is 167 Å². The maximum Gasteiger partial charge on any atom is 0.329 e. The van der Waals surface area contributed by atoms with E-state index in [0.29, 0.717) is 17.5 Å². The first-order chi connectivity index (χ1) is 32.7. The Morgan fingerprint density at radius 2 is 1.17 bits per heavy atom. The van der Waals surface area contributed by atoms with E-state index in [4.69, 9.17) is 4.74 Å². The Balaban J connectivity index is 2.24. The number of rotatable bonds is 13. The summed E-state index contributed by atoms with van der Waals surface area (Å²) in [6.07, 6.45) is -1.09. The van der Waals surface area contributed by atoms with Gasteiger partial charge in [0.25, 0.3) is 5.91 Å². The molecule has 0 aliphatic carbocycles. The third kappa shape index (κ3) is 13.9. The standard InChI is InChI=1S/C52H78N8O10/c1-17-32(8)43(60(16)51(68)42(31(6)7)59(15)48(65)37-26-22-19-23-27-37)46(63)55-41-35(11)70-52(69)40(30(4)5)54-44(61)33(9)56(12)47(64)34(10)57(13)49(66)39(29(2)3)53-45(62)38(58(14)50(41)67)28-36-24-20-18-21-25-36/h18-27,29-35,38-43H,17,28H2,1-16H3,(H,53,62)(H,54,61)(H,55,63). The van der Waals surface area contributed by atoms with Gasteiger partial charge in [-0.2, -0.15) is 0 Å². The van der Waals surface area contributed by atoms with Crippen molar-refractivity contribution in [1.29, 1.82) is 0 Å². The van der Waals surface area contributed by atoms with Crippen LogP contribution in [0.4, 0.5) is 0 Å². The van der Waals surface area contributed by atoms with Crippen LogP contribution < -0.4 is 16.0 Å². The number of hydrogen-bond donors (Lipinski definition) is 3. The zero-order chi connectivity index (χ0) is 53.1. The number of likely N-dealkylation sites (N-methyl/N-ethyl adjacent to an activating group) is 5. The van der Waals surface area contributed by atoms with Crippen LogP contribution in [0.2, 0.25) is 0 Å². The van der Waals surface area contributed by atoms with Crippen molar-refractivity contribution >= 4 is 53.2 Å². The molecule has 2 aromatic carbocycles. The maximum atomic E-state index is 15.2. The summed E-state index contributed by atoms with van der Waals surface area (Å²) >= 11 is 0. The number of esters is 1. The molecule has 0 spiro atoms. The minimum absolute atomic E-state index is 0.0455. The summed E-state index contributed by atoms with van der Waals surface area (Å²) in [6, 6.07) is 7.47. The lowest BCUT2D eigenvalue weighted by atomic mass is 9.93. The van der Waals surface area contributed by atoms with Crippen molar-refractivity contribution < 1.29 is 47.9 Å². The number of nitrogens with zero attached hydrogens (tertiary/aromatic N) is 5. The van der Waals surface area contributed by atoms with Crippen LogP contribution in [0.3, 0.4) is 0 Å². The number of cyclic esters (lactones) is 1. The molecule has 1 fully saturated rings. The molecule has 18 heteroatoms. The highest BCUT2D eigenvalue weighted by Crippen LogP contribution is 2.23. The molecule has 10 atom stereocenters. The summed E-state index contributed by atoms with van der Waals surface area (Å²) < 4.78 is 6.00. The quantitative estimate of drug-likeness (QED) is 0.250. The SMILES string of the molecule is CCC(C)C(C(=O)NC1C(=O)N(C)C(Cc2ccccc2)C(=O)NC(C(C)C)C(=O)N(C)C(C)C(=O)N(C)C(C)C(=O)NC(C(C)C)C(=O)OC1C)N(C)C(=O)C(C(C)C)N(C)C(=O)c1ccccc1. The lowest BCUT2D eigenvalue weighted by Crippen LogP contribution is -2.64. The van der Waals surface area contributed by atoms with E-state index in [1.165, 1.54) is 75.6 Å². The van der Waals surface area contributed by atoms with E-state index < -0.39 is 131 Å². The Morgan fingerprint density at radius 1 is 0.657 bits per heavy atom. The first-order valence-electron chi connectivity index (χ1n) is 24.2. The van der Waals surface area contributed by atoms with Crippen LogP contribution in [-0.2, 0) is 49.5 Å². The molecule has 8 amide bonds. The third-order valence-electron chi connectivity index (χ3n) is 13.6. The predicted molar refractivity (Wildman–Crippen MR) is 265 cm³/mol. The molecule has 1 aliphatic rings. The van der Waals surface area contributed by atoms with Gasteiger partial charge in [0.2, 0.25) is 41.4 Å². The molecule has 0 saturated carbocycles. The summed E-state index contributed by atoms with van der Waals surface area (Å²) in [6.45, 7) is 18.4. The van der Waals surface area contributed by atoms with Gasteiger partial charge in [0.1, 0.15) is 54.4 Å². The second-order valence-electron chi connectivity index (χ2n) is 19.7. The smallest absolute Gasteiger partial charge is 0.329 e. The average Bonchev–Trinajstić information content (AvgIpc) is 3.33. The van der Waals surface area contributed by atoms with E-state index in [9.17, 15) is 38.4 Å². The Hall–Kier alpha value is -6.33. The highest BCUT2D eigenvalue weighted by Gasteiger charge is 2.44. The number of amides is 8. The van der Waals surface area contributed by atoms with Crippen LogP contribution in [0.5, 0.6) is 0 Å². The molecular formula is C52H78N8O10. The topological polar surface area (TPSA) is 215 Å². The van der Waals surface area contributed by atoms with E-state index in [-0.39, 0.29) is 6.42 Å². The number of carbonyl (C=O) groups is 9. The minimum Gasteiger partial charge on any atom is -0.458 e. The highest BCUT2D eigenvalue weighted by molar-refractivity contribution is 6.00. The van der Waals surface area contributed by atoms with E-state index >= 15 is 4.79 Å². The number of ether oxygens (including phenoxy) is 1. The summed E-state index contributed by atoms with van der Waals surface area (Å²) in [4.78, 5) is 135. The molecule has 2 aromatic rings. The van der Waals surface area contributed by atoms with Gasteiger partial charge in [-0.25, -0.2) is 4.79 Å². The van der Waals surface area contributed by atoms with Crippen LogP contribution in [0.1, 0.15) is 98.5 Å². The van der Waals surface area contributed by atoms with Gasteiger partial charge in [-0.15, -0.1) is 0 Å². The number of benzene rings is 2. The fourth-order valence-electron chi connectivity index (χ4n) is 8.52. The number of nitrogens with one attached hydrogen (secondary N) is 3. The normalized spacial score (nSPS) is 23.9. The Labute approximate surface area is 414 Å². The van der Waals surface area contributed by atoms with Crippen molar-refractivity contribution in [2.45, 2.75) is 143 Å². The predicted octanol–water partition coefficient (Wildman–Crippen LogP) is 3.13. The molecule has 70 heavy (non-hydrogen) atoms. The van der Waals surface area contributed by atoms with Crippen molar-refractivity contribution in [2.24, 2.45) is 23.7 Å². The molecule has 1 heterocycles. The van der Waals surface area contributed by atoms with Gasteiger partial charge in [-0.1, -0.05) is 110 Å². The molecule has 0 radical (unpaired) electrons. The minimum atomic E-state index is -1.69. The van der Waals surface area contributed by atoms with Gasteiger partial charge in [0.15, 0.2) is 0 Å². The van der Waals surface area contributed by atoms with Crippen LogP contribution in [0.25, 0.3) is 0 Å². The Kier molecular flexibility index (Phi) is 21.1. The molecule has 1 aliphatic heterocycles. The third-order valence-corrected chi connectivity index (χ3v) is 13.6. The van der Waals surface area contributed by atoms with Gasteiger partial charge in [0.05, 0.1) is 0 Å². The van der Waals surface area contributed by atoms with E-state index in [2.05, 4.69) is 16.0 Å². The first-order valence-corrected chi connectivity index (χ1v) is 24.2. The lowest BCUT2D eigenvalue weighted by molar-refractivity contribution is -0.160. The number of hydrogen-bond acceptors (Lipinski definition) is 10. The summed E-state index contributed by atoms with van der Waals surface area (Å²) in [7, 11) is 7.19. The molecule has 18 nitrogen and oxygen atoms in total. The molecule has 3 rings (SSSR count). The van der Waals surface area contributed by atoms with Crippen molar-refractivity contribution in [1.82, 2.24) is 40.4 Å². The molecule has 0 bridgehead atoms. The first kappa shape index (κ1) is 58.0. The van der Waals surface area contributed by atoms with Gasteiger partial charge >= 0.3 is 5.97 Å². The molecular weight excluding hydrogens is 897 g/mol. The Bertz CT molecular complexity index is 2170. The molecule has 386 valence electrons. The second kappa shape index (κ2) is 25.5. The van der Waals surface area contributed by atoms with Crippen molar-refractivity contribution in [2.75, 3.05) is 35.2 Å². The lowest BCUT2D eigenvalue weighted by Gasteiger charge is -2.39.